The van der Waals surface area contributed by atoms with Crippen LogP contribution in [0.1, 0.15) is 5.56 Å². The van der Waals surface area contributed by atoms with Crippen molar-refractivity contribution in [2.75, 3.05) is 29.8 Å². The quantitative estimate of drug-likeness (QED) is 0.375. The number of aliphatic carboxylic acids is 1. The van der Waals surface area contributed by atoms with Gasteiger partial charge in [0.05, 0.1) is 10.6 Å². The normalized spacial score (nSPS) is 10.9. The van der Waals surface area contributed by atoms with E-state index in [2.05, 4.69) is 15.0 Å². The molecule has 3 rings (SSSR count). The molecule has 0 fully saturated rings. The van der Waals surface area contributed by atoms with Crippen LogP contribution >= 0.6 is 0 Å². The number of ether oxygens (including phenoxy) is 2. The van der Waals surface area contributed by atoms with Gasteiger partial charge < -0.3 is 19.9 Å². The lowest BCUT2D eigenvalue weighted by Crippen LogP contribution is -2.14. The molecule has 0 aliphatic heterocycles. The Balaban J connectivity index is 1.61. The van der Waals surface area contributed by atoms with Crippen LogP contribution in [0, 0.1) is 6.92 Å². The predicted molar refractivity (Wildman–Crippen MR) is 120 cm³/mol. The van der Waals surface area contributed by atoms with E-state index in [4.69, 9.17) is 14.6 Å². The average Bonchev–Trinajstić information content (AvgIpc) is 2.75. The minimum Gasteiger partial charge on any atom is -0.492 e. The molecule has 3 aromatic rings. The summed E-state index contributed by atoms with van der Waals surface area (Å²) in [6.45, 7) is 2.29. The molecule has 0 atom stereocenters. The van der Waals surface area contributed by atoms with Gasteiger partial charge in [-0.3, -0.25) is 9.71 Å². The topological polar surface area (TPSA) is 127 Å². The van der Waals surface area contributed by atoms with Gasteiger partial charge in [-0.15, -0.1) is 0 Å². The number of aromatic nitrogens is 1. The zero-order valence-corrected chi connectivity index (χ0v) is 18.1. The van der Waals surface area contributed by atoms with Gasteiger partial charge in [0.15, 0.2) is 6.61 Å². The molecule has 0 aliphatic carbocycles. The highest BCUT2D eigenvalue weighted by atomic mass is 32.2. The van der Waals surface area contributed by atoms with Crippen LogP contribution in [0.4, 0.5) is 11.4 Å². The third-order valence-corrected chi connectivity index (χ3v) is 5.58. The molecule has 0 aliphatic rings. The maximum atomic E-state index is 12.7. The number of nitrogens with zero attached hydrogens (tertiary/aromatic N) is 1. The largest absolute Gasteiger partial charge is 0.492 e. The molecule has 0 bridgehead atoms. The van der Waals surface area contributed by atoms with Crippen LogP contribution < -0.4 is 19.5 Å². The van der Waals surface area contributed by atoms with Crippen LogP contribution in [-0.2, 0) is 14.8 Å². The smallest absolute Gasteiger partial charge is 0.341 e. The SMILES string of the molecule is Cc1cc(NS(=O)(=O)c2ccc(OCC(=O)O)cc2)cc(OCCNc2ccncc2)c1. The van der Waals surface area contributed by atoms with Crippen LogP contribution in [-0.4, -0.2) is 44.2 Å². The number of carboxylic acid groups (broad SMARTS) is 1. The van der Waals surface area contributed by atoms with Crippen LogP contribution in [0.25, 0.3) is 0 Å². The fraction of sp³-hybridized carbons (Fsp3) is 0.182. The van der Waals surface area contributed by atoms with Gasteiger partial charge in [-0.05, 0) is 61.0 Å². The molecule has 3 N–H and O–H groups in total. The van der Waals surface area contributed by atoms with E-state index in [1.807, 2.05) is 25.1 Å². The molecular formula is C22H23N3O6S. The third kappa shape index (κ3) is 6.88. The molecule has 1 heterocycles. The number of benzene rings is 2. The van der Waals surface area contributed by atoms with Crippen molar-refractivity contribution in [2.24, 2.45) is 0 Å². The number of nitrogens with one attached hydrogen (secondary N) is 2. The molecular weight excluding hydrogens is 434 g/mol. The molecule has 0 spiro atoms. The van der Waals surface area contributed by atoms with E-state index in [1.165, 1.54) is 24.3 Å². The van der Waals surface area contributed by atoms with Gasteiger partial charge in [0.1, 0.15) is 18.1 Å². The second-order valence-corrected chi connectivity index (χ2v) is 8.49. The van der Waals surface area contributed by atoms with Crippen LogP contribution in [0.5, 0.6) is 11.5 Å². The van der Waals surface area contributed by atoms with Crippen molar-refractivity contribution in [3.8, 4) is 11.5 Å². The fourth-order valence-corrected chi connectivity index (χ4v) is 3.84. The lowest BCUT2D eigenvalue weighted by atomic mass is 10.2. The van der Waals surface area contributed by atoms with Crippen molar-refractivity contribution in [2.45, 2.75) is 11.8 Å². The number of anilines is 2. The highest BCUT2D eigenvalue weighted by Crippen LogP contribution is 2.24. The molecule has 0 saturated heterocycles. The second-order valence-electron chi connectivity index (χ2n) is 6.81. The van der Waals surface area contributed by atoms with E-state index in [1.54, 1.807) is 24.5 Å². The van der Waals surface area contributed by atoms with E-state index in [9.17, 15) is 13.2 Å². The minimum absolute atomic E-state index is 0.0192. The van der Waals surface area contributed by atoms with Gasteiger partial charge in [0, 0.05) is 30.7 Å². The number of rotatable bonds is 11. The van der Waals surface area contributed by atoms with Gasteiger partial charge >= 0.3 is 5.97 Å². The molecule has 0 amide bonds. The molecule has 0 unspecified atom stereocenters. The molecule has 2 aromatic carbocycles. The van der Waals surface area contributed by atoms with Crippen molar-refractivity contribution in [1.29, 1.82) is 0 Å². The van der Waals surface area contributed by atoms with Crippen molar-refractivity contribution >= 4 is 27.4 Å². The summed E-state index contributed by atoms with van der Waals surface area (Å²) < 4.78 is 38.7. The number of carbonyl (C=O) groups is 1. The van der Waals surface area contributed by atoms with Gasteiger partial charge in [-0.2, -0.15) is 0 Å². The first-order valence-corrected chi connectivity index (χ1v) is 11.2. The Labute approximate surface area is 186 Å². The summed E-state index contributed by atoms with van der Waals surface area (Å²) in [5, 5.41) is 11.8. The first-order chi connectivity index (χ1) is 15.3. The van der Waals surface area contributed by atoms with Crippen LogP contribution in [0.15, 0.2) is 71.9 Å². The van der Waals surface area contributed by atoms with Crippen LogP contribution in [0.2, 0.25) is 0 Å². The first kappa shape index (κ1) is 22.9. The first-order valence-electron chi connectivity index (χ1n) is 9.68. The molecule has 0 saturated carbocycles. The summed E-state index contributed by atoms with van der Waals surface area (Å²) in [6.07, 6.45) is 3.39. The summed E-state index contributed by atoms with van der Waals surface area (Å²) in [5.74, 6) is -0.316. The molecule has 32 heavy (non-hydrogen) atoms. The number of carboxylic acids is 1. The Morgan fingerprint density at radius 3 is 2.38 bits per heavy atom. The highest BCUT2D eigenvalue weighted by Gasteiger charge is 2.15. The van der Waals surface area contributed by atoms with E-state index >= 15 is 0 Å². The molecule has 1 aromatic heterocycles. The molecule has 9 nitrogen and oxygen atoms in total. The zero-order chi connectivity index (χ0) is 23.0. The van der Waals surface area contributed by atoms with Gasteiger partial charge in [0.2, 0.25) is 0 Å². The van der Waals surface area contributed by atoms with E-state index in [-0.39, 0.29) is 10.6 Å². The second kappa shape index (κ2) is 10.5. The highest BCUT2D eigenvalue weighted by molar-refractivity contribution is 7.92. The Morgan fingerprint density at radius 2 is 1.69 bits per heavy atom. The number of hydrogen-bond acceptors (Lipinski definition) is 7. The van der Waals surface area contributed by atoms with Gasteiger partial charge in [-0.25, -0.2) is 13.2 Å². The van der Waals surface area contributed by atoms with Crippen molar-refractivity contribution in [3.63, 3.8) is 0 Å². The number of hydrogen-bond donors (Lipinski definition) is 3. The number of aryl methyl sites for hydroxylation is 1. The van der Waals surface area contributed by atoms with E-state index in [0.29, 0.717) is 24.6 Å². The summed E-state index contributed by atoms with van der Waals surface area (Å²) >= 11 is 0. The van der Waals surface area contributed by atoms with E-state index < -0.39 is 22.6 Å². The Morgan fingerprint density at radius 1 is 0.969 bits per heavy atom. The Kier molecular flexibility index (Phi) is 7.50. The average molecular weight is 458 g/mol. The van der Waals surface area contributed by atoms with Gasteiger partial charge in [0.25, 0.3) is 10.0 Å². The zero-order valence-electron chi connectivity index (χ0n) is 17.3. The molecule has 168 valence electrons. The summed E-state index contributed by atoms with van der Waals surface area (Å²) in [7, 11) is -3.85. The minimum atomic E-state index is -3.85. The standard InChI is InChI=1S/C22H23N3O6S/c1-16-12-18(14-20(13-16)30-11-10-24-17-6-8-23-9-7-17)25-32(28,29)21-4-2-19(3-5-21)31-15-22(26)27/h2-9,12-14,25H,10-11,15H2,1H3,(H,23,24)(H,26,27). The van der Waals surface area contributed by atoms with E-state index in [0.717, 1.165) is 11.3 Å². The third-order valence-electron chi connectivity index (χ3n) is 4.18. The van der Waals surface area contributed by atoms with Crippen LogP contribution in [0.3, 0.4) is 0 Å². The maximum Gasteiger partial charge on any atom is 0.341 e. The predicted octanol–water partition coefficient (Wildman–Crippen LogP) is 3.15. The molecule has 0 radical (unpaired) electrons. The van der Waals surface area contributed by atoms with Crippen molar-refractivity contribution in [1.82, 2.24) is 4.98 Å². The fourth-order valence-electron chi connectivity index (χ4n) is 2.80. The number of sulfonamides is 1. The maximum absolute atomic E-state index is 12.7. The summed E-state index contributed by atoms with van der Waals surface area (Å²) in [4.78, 5) is 14.5. The monoisotopic (exact) mass is 457 g/mol. The van der Waals surface area contributed by atoms with Crippen molar-refractivity contribution < 1.29 is 27.8 Å². The number of pyridine rings is 1. The van der Waals surface area contributed by atoms with Crippen molar-refractivity contribution in [3.05, 3.63) is 72.6 Å². The Hall–Kier alpha value is -3.79. The summed E-state index contributed by atoms with van der Waals surface area (Å²) in [5.41, 5.74) is 2.13. The lowest BCUT2D eigenvalue weighted by Gasteiger charge is -2.13. The Bertz CT molecular complexity index is 1150. The lowest BCUT2D eigenvalue weighted by molar-refractivity contribution is -0.139. The van der Waals surface area contributed by atoms with Gasteiger partial charge in [-0.1, -0.05) is 0 Å². The molecule has 10 heteroatoms. The summed E-state index contributed by atoms with van der Waals surface area (Å²) in [6, 6.07) is 14.3.